The minimum absolute atomic E-state index is 0.0279. The molecular weight excluding hydrogens is 454 g/mol. The van der Waals surface area contributed by atoms with Gasteiger partial charge < -0.3 is 13.7 Å². The first-order valence-corrected chi connectivity index (χ1v) is 12.2. The Balaban J connectivity index is 1.56. The smallest absolute Gasteiger partial charge is 0.363 e. The van der Waals surface area contributed by atoms with E-state index in [0.717, 1.165) is 18.6 Å². The molecule has 4 rings (SSSR count). The lowest BCUT2D eigenvalue weighted by molar-refractivity contribution is -0.129. The number of para-hydroxylation sites is 1. The molecule has 0 aromatic heterocycles. The highest BCUT2D eigenvalue weighted by Gasteiger charge is 2.25. The average Bonchev–Trinajstić information content (AvgIpc) is 3.21. The van der Waals surface area contributed by atoms with E-state index in [1.165, 1.54) is 24.3 Å². The van der Waals surface area contributed by atoms with Crippen molar-refractivity contribution in [1.82, 2.24) is 0 Å². The summed E-state index contributed by atoms with van der Waals surface area (Å²) in [6.45, 7) is 2.73. The summed E-state index contributed by atoms with van der Waals surface area (Å²) in [6.07, 6.45) is 3.46. The van der Waals surface area contributed by atoms with Crippen LogP contribution in [0.25, 0.3) is 6.08 Å². The fraction of sp³-hybridized carbons (Fsp3) is 0.154. The monoisotopic (exact) mass is 477 g/mol. The normalized spacial score (nSPS) is 14.6. The van der Waals surface area contributed by atoms with Crippen molar-refractivity contribution in [3.05, 3.63) is 95.7 Å². The molecule has 0 unspecified atom stereocenters. The lowest BCUT2D eigenvalue weighted by Gasteiger charge is -2.09. The van der Waals surface area contributed by atoms with Gasteiger partial charge in [0.25, 0.3) is 0 Å². The summed E-state index contributed by atoms with van der Waals surface area (Å²) in [5.74, 6) is 0.318. The van der Waals surface area contributed by atoms with Gasteiger partial charge in [0.05, 0.1) is 6.61 Å². The van der Waals surface area contributed by atoms with Crippen LogP contribution in [0.15, 0.2) is 94.4 Å². The first-order chi connectivity index (χ1) is 16.5. The van der Waals surface area contributed by atoms with E-state index < -0.39 is 16.1 Å². The molecule has 8 heteroatoms. The number of carbonyl (C=O) groups excluding carboxylic acids is 1. The number of unbranched alkanes of at least 4 members (excludes halogenated alkanes) is 1. The summed E-state index contributed by atoms with van der Waals surface area (Å²) in [6, 6.07) is 21.4. The molecule has 0 bridgehead atoms. The fourth-order valence-electron chi connectivity index (χ4n) is 3.14. The van der Waals surface area contributed by atoms with E-state index in [-0.39, 0.29) is 22.2 Å². The molecule has 174 valence electrons. The van der Waals surface area contributed by atoms with E-state index >= 15 is 0 Å². The lowest BCUT2D eigenvalue weighted by atomic mass is 10.1. The zero-order valence-corrected chi connectivity index (χ0v) is 19.3. The van der Waals surface area contributed by atoms with E-state index in [2.05, 4.69) is 11.9 Å². The van der Waals surface area contributed by atoms with Crippen LogP contribution in [0.1, 0.15) is 30.9 Å². The predicted octanol–water partition coefficient (Wildman–Crippen LogP) is 4.98. The van der Waals surface area contributed by atoms with Gasteiger partial charge in [-0.15, -0.1) is 0 Å². The van der Waals surface area contributed by atoms with Crippen molar-refractivity contribution >= 4 is 28.1 Å². The van der Waals surface area contributed by atoms with Crippen molar-refractivity contribution in [2.24, 2.45) is 4.99 Å². The van der Waals surface area contributed by atoms with Gasteiger partial charge in [-0.25, -0.2) is 9.79 Å². The maximum Gasteiger partial charge on any atom is 0.363 e. The number of ether oxygens (including phenoxy) is 2. The topological polar surface area (TPSA) is 91.3 Å². The molecule has 7 nitrogen and oxygen atoms in total. The summed E-state index contributed by atoms with van der Waals surface area (Å²) >= 11 is 0. The van der Waals surface area contributed by atoms with Gasteiger partial charge in [-0.2, -0.15) is 8.42 Å². The van der Waals surface area contributed by atoms with Crippen molar-refractivity contribution < 1.29 is 26.9 Å². The molecule has 34 heavy (non-hydrogen) atoms. The second-order valence-electron chi connectivity index (χ2n) is 7.45. The molecule has 0 radical (unpaired) electrons. The van der Waals surface area contributed by atoms with Crippen LogP contribution in [0.2, 0.25) is 0 Å². The molecule has 1 aliphatic rings. The number of cyclic esters (lactones) is 1. The maximum atomic E-state index is 12.6. The van der Waals surface area contributed by atoms with Crippen LogP contribution in [0.4, 0.5) is 0 Å². The third-order valence-corrected chi connectivity index (χ3v) is 6.18. The van der Waals surface area contributed by atoms with Crippen LogP contribution in [0.5, 0.6) is 11.5 Å². The molecule has 0 aliphatic carbocycles. The molecule has 0 saturated carbocycles. The van der Waals surface area contributed by atoms with E-state index in [1.807, 2.05) is 0 Å². The molecule has 0 spiro atoms. The molecule has 1 aliphatic heterocycles. The number of aliphatic imine (C=N–C) groups is 1. The van der Waals surface area contributed by atoms with Crippen LogP contribution in [0.3, 0.4) is 0 Å². The van der Waals surface area contributed by atoms with Gasteiger partial charge >= 0.3 is 16.1 Å². The molecule has 0 atom stereocenters. The number of nitrogens with zero attached hydrogens (tertiary/aromatic N) is 1. The number of benzene rings is 3. The highest BCUT2D eigenvalue weighted by atomic mass is 32.2. The van der Waals surface area contributed by atoms with Crippen molar-refractivity contribution in [3.63, 3.8) is 0 Å². The SMILES string of the molecule is CCCCOc1ccc(C2=N/C(=C\c3ccccc3OS(=O)(=O)c3ccccc3)C(=O)O2)cc1. The van der Waals surface area contributed by atoms with Gasteiger partial charge in [0.2, 0.25) is 5.90 Å². The van der Waals surface area contributed by atoms with Crippen molar-refractivity contribution in [3.8, 4) is 11.5 Å². The number of carbonyl (C=O) groups is 1. The second kappa shape index (κ2) is 10.4. The third kappa shape index (κ3) is 5.52. The van der Waals surface area contributed by atoms with E-state index in [0.29, 0.717) is 17.7 Å². The maximum absolute atomic E-state index is 12.6. The molecule has 0 saturated heterocycles. The van der Waals surface area contributed by atoms with Gasteiger partial charge in [-0.1, -0.05) is 49.7 Å². The van der Waals surface area contributed by atoms with Gasteiger partial charge in [0, 0.05) is 11.1 Å². The Kier molecular flexibility index (Phi) is 7.08. The van der Waals surface area contributed by atoms with E-state index in [4.69, 9.17) is 13.7 Å². The third-order valence-electron chi connectivity index (χ3n) is 4.93. The minimum atomic E-state index is -4.04. The number of hydrogen-bond donors (Lipinski definition) is 0. The van der Waals surface area contributed by atoms with E-state index in [1.54, 1.807) is 60.7 Å². The van der Waals surface area contributed by atoms with Crippen LogP contribution in [-0.4, -0.2) is 26.9 Å². The van der Waals surface area contributed by atoms with Crippen LogP contribution >= 0.6 is 0 Å². The van der Waals surface area contributed by atoms with Crippen LogP contribution in [-0.2, 0) is 19.6 Å². The van der Waals surface area contributed by atoms with E-state index in [9.17, 15) is 13.2 Å². The first kappa shape index (κ1) is 23.3. The zero-order chi connectivity index (χ0) is 24.0. The summed E-state index contributed by atoms with van der Waals surface area (Å²) in [4.78, 5) is 16.8. The van der Waals surface area contributed by atoms with Crippen molar-refractivity contribution in [2.45, 2.75) is 24.7 Å². The fourth-order valence-corrected chi connectivity index (χ4v) is 4.11. The molecule has 0 fully saturated rings. The predicted molar refractivity (Wildman–Crippen MR) is 128 cm³/mol. The summed E-state index contributed by atoms with van der Waals surface area (Å²) in [5, 5.41) is 0. The molecule has 3 aromatic carbocycles. The quantitative estimate of drug-likeness (QED) is 0.187. The first-order valence-electron chi connectivity index (χ1n) is 10.8. The summed E-state index contributed by atoms with van der Waals surface area (Å²) in [5.41, 5.74) is 1.03. The molecule has 1 heterocycles. The van der Waals surface area contributed by atoms with Crippen molar-refractivity contribution in [1.29, 1.82) is 0 Å². The van der Waals surface area contributed by atoms with Gasteiger partial charge in [-0.3, -0.25) is 0 Å². The zero-order valence-electron chi connectivity index (χ0n) is 18.5. The molecular formula is C26H23NO6S. The minimum Gasteiger partial charge on any atom is -0.494 e. The van der Waals surface area contributed by atoms with Crippen molar-refractivity contribution in [2.75, 3.05) is 6.61 Å². The van der Waals surface area contributed by atoms with Gasteiger partial charge in [0.1, 0.15) is 16.4 Å². The summed E-state index contributed by atoms with van der Waals surface area (Å²) < 4.78 is 41.6. The molecule has 0 N–H and O–H groups in total. The van der Waals surface area contributed by atoms with Gasteiger partial charge in [-0.05, 0) is 55.0 Å². The van der Waals surface area contributed by atoms with Gasteiger partial charge in [0.15, 0.2) is 5.70 Å². The number of esters is 1. The Labute approximate surface area is 198 Å². The number of hydrogen-bond acceptors (Lipinski definition) is 7. The Morgan fingerprint density at radius 2 is 1.65 bits per heavy atom. The Morgan fingerprint density at radius 3 is 2.38 bits per heavy atom. The standard InChI is InChI=1S/C26H23NO6S/c1-2-3-17-31-21-15-13-19(14-16-21)25-27-23(26(28)32-25)18-20-9-7-8-12-24(20)33-34(29,30)22-10-5-4-6-11-22/h4-16,18H,2-3,17H2,1H3/b23-18-. The average molecular weight is 478 g/mol. The highest BCUT2D eigenvalue weighted by Crippen LogP contribution is 2.27. The Morgan fingerprint density at radius 1 is 0.941 bits per heavy atom. The molecule has 3 aromatic rings. The largest absolute Gasteiger partial charge is 0.494 e. The summed E-state index contributed by atoms with van der Waals surface area (Å²) in [7, 11) is -4.04. The Bertz CT molecular complexity index is 1330. The van der Waals surface area contributed by atoms with Crippen LogP contribution in [0, 0.1) is 0 Å². The lowest BCUT2D eigenvalue weighted by Crippen LogP contribution is -2.10. The Hall–Kier alpha value is -3.91. The van der Waals surface area contributed by atoms with Crippen LogP contribution < -0.4 is 8.92 Å². The second-order valence-corrected chi connectivity index (χ2v) is 9.00. The number of rotatable bonds is 9. The highest BCUT2D eigenvalue weighted by molar-refractivity contribution is 7.87. The molecule has 0 amide bonds.